The SMILES string of the molecule is CC(=O)NC1CC(c2nc3ccccc3c(=O)n2C)C1(C)C. The lowest BCUT2D eigenvalue weighted by atomic mass is 9.58. The largest absolute Gasteiger partial charge is 0.353 e. The molecule has 5 heteroatoms. The molecule has 116 valence electrons. The van der Waals surface area contributed by atoms with Gasteiger partial charge in [0.15, 0.2) is 0 Å². The third-order valence-corrected chi connectivity index (χ3v) is 4.97. The molecule has 1 N–H and O–H groups in total. The summed E-state index contributed by atoms with van der Waals surface area (Å²) in [6.45, 7) is 5.76. The van der Waals surface area contributed by atoms with Crippen LogP contribution in [0.2, 0.25) is 0 Å². The van der Waals surface area contributed by atoms with Gasteiger partial charge in [-0.1, -0.05) is 26.0 Å². The molecule has 1 aromatic carbocycles. The van der Waals surface area contributed by atoms with Crippen molar-refractivity contribution in [1.29, 1.82) is 0 Å². The first-order valence-electron chi connectivity index (χ1n) is 7.55. The van der Waals surface area contributed by atoms with Gasteiger partial charge in [-0.3, -0.25) is 14.2 Å². The molecule has 1 aliphatic rings. The number of nitrogens with zero attached hydrogens (tertiary/aromatic N) is 2. The van der Waals surface area contributed by atoms with E-state index in [4.69, 9.17) is 4.98 Å². The van der Waals surface area contributed by atoms with E-state index < -0.39 is 0 Å². The van der Waals surface area contributed by atoms with E-state index in [1.165, 1.54) is 6.92 Å². The number of carbonyl (C=O) groups excluding carboxylic acids is 1. The number of aromatic nitrogens is 2. The summed E-state index contributed by atoms with van der Waals surface area (Å²) in [6, 6.07) is 7.55. The van der Waals surface area contributed by atoms with Crippen molar-refractivity contribution in [3.63, 3.8) is 0 Å². The van der Waals surface area contributed by atoms with Crippen molar-refractivity contribution in [3.05, 3.63) is 40.4 Å². The molecule has 0 spiro atoms. The van der Waals surface area contributed by atoms with Gasteiger partial charge in [0.2, 0.25) is 5.91 Å². The summed E-state index contributed by atoms with van der Waals surface area (Å²) in [5.74, 6) is 0.943. The molecular formula is C17H21N3O2. The summed E-state index contributed by atoms with van der Waals surface area (Å²) >= 11 is 0. The molecule has 1 aromatic heterocycles. The Kier molecular flexibility index (Phi) is 3.31. The number of fused-ring (bicyclic) bond motifs is 1. The minimum absolute atomic E-state index is 0.0145. The lowest BCUT2D eigenvalue weighted by Gasteiger charge is -2.52. The summed E-state index contributed by atoms with van der Waals surface area (Å²) in [4.78, 5) is 28.5. The third-order valence-electron chi connectivity index (χ3n) is 4.97. The van der Waals surface area contributed by atoms with Crippen LogP contribution in [0.1, 0.15) is 38.9 Å². The van der Waals surface area contributed by atoms with Crippen LogP contribution in [-0.2, 0) is 11.8 Å². The van der Waals surface area contributed by atoms with E-state index in [1.807, 2.05) is 18.2 Å². The highest BCUT2D eigenvalue weighted by atomic mass is 16.1. The number of carbonyl (C=O) groups is 1. The number of hydrogen-bond acceptors (Lipinski definition) is 3. The monoisotopic (exact) mass is 299 g/mol. The molecule has 5 nitrogen and oxygen atoms in total. The molecule has 2 unspecified atom stereocenters. The fourth-order valence-electron chi connectivity index (χ4n) is 3.40. The Labute approximate surface area is 129 Å². The fraction of sp³-hybridized carbons (Fsp3) is 0.471. The van der Waals surface area contributed by atoms with Crippen molar-refractivity contribution in [2.24, 2.45) is 12.5 Å². The highest BCUT2D eigenvalue weighted by Crippen LogP contribution is 2.51. The van der Waals surface area contributed by atoms with Crippen LogP contribution < -0.4 is 10.9 Å². The summed E-state index contributed by atoms with van der Waals surface area (Å²) in [5, 5.41) is 3.63. The predicted octanol–water partition coefficient (Wildman–Crippen LogP) is 1.95. The first-order valence-corrected chi connectivity index (χ1v) is 7.55. The van der Waals surface area contributed by atoms with E-state index in [9.17, 15) is 9.59 Å². The topological polar surface area (TPSA) is 64.0 Å². The molecule has 1 saturated carbocycles. The van der Waals surface area contributed by atoms with E-state index >= 15 is 0 Å². The molecule has 1 aliphatic carbocycles. The second kappa shape index (κ2) is 4.93. The Morgan fingerprint density at radius 2 is 2.05 bits per heavy atom. The maximum Gasteiger partial charge on any atom is 0.261 e. The van der Waals surface area contributed by atoms with E-state index in [1.54, 1.807) is 17.7 Å². The average Bonchev–Trinajstić information content (AvgIpc) is 2.47. The first kappa shape index (κ1) is 14.8. The lowest BCUT2D eigenvalue weighted by Crippen LogP contribution is -2.57. The van der Waals surface area contributed by atoms with Crippen LogP contribution >= 0.6 is 0 Å². The summed E-state index contributed by atoms with van der Waals surface area (Å²) in [7, 11) is 1.78. The van der Waals surface area contributed by atoms with E-state index in [0.717, 1.165) is 17.8 Å². The minimum Gasteiger partial charge on any atom is -0.353 e. The van der Waals surface area contributed by atoms with Crippen LogP contribution in [0.4, 0.5) is 0 Å². The Morgan fingerprint density at radius 3 is 2.68 bits per heavy atom. The second-order valence-corrected chi connectivity index (χ2v) is 6.71. The Balaban J connectivity index is 2.03. The van der Waals surface area contributed by atoms with Crippen molar-refractivity contribution in [2.75, 3.05) is 0 Å². The molecule has 0 saturated heterocycles. The van der Waals surface area contributed by atoms with Gasteiger partial charge in [0, 0.05) is 25.9 Å². The molecule has 0 bridgehead atoms. The predicted molar refractivity (Wildman–Crippen MR) is 85.7 cm³/mol. The Bertz CT molecular complexity index is 807. The fourth-order valence-corrected chi connectivity index (χ4v) is 3.40. The molecular weight excluding hydrogens is 278 g/mol. The van der Waals surface area contributed by atoms with Gasteiger partial charge in [-0.05, 0) is 24.0 Å². The highest BCUT2D eigenvalue weighted by molar-refractivity contribution is 5.77. The number of rotatable bonds is 2. The number of nitrogens with one attached hydrogen (secondary N) is 1. The molecule has 3 rings (SSSR count). The van der Waals surface area contributed by atoms with Gasteiger partial charge in [-0.15, -0.1) is 0 Å². The van der Waals surface area contributed by atoms with E-state index in [-0.39, 0.29) is 28.8 Å². The van der Waals surface area contributed by atoms with Gasteiger partial charge in [0.05, 0.1) is 10.9 Å². The van der Waals surface area contributed by atoms with Gasteiger partial charge in [0.1, 0.15) is 5.82 Å². The molecule has 2 atom stereocenters. The zero-order chi connectivity index (χ0) is 16.1. The van der Waals surface area contributed by atoms with Gasteiger partial charge in [-0.25, -0.2) is 4.98 Å². The van der Waals surface area contributed by atoms with Crippen LogP contribution in [0.25, 0.3) is 10.9 Å². The smallest absolute Gasteiger partial charge is 0.261 e. The maximum atomic E-state index is 12.5. The quantitative estimate of drug-likeness (QED) is 0.922. The number of amides is 1. The molecule has 2 aromatic rings. The van der Waals surface area contributed by atoms with Gasteiger partial charge >= 0.3 is 0 Å². The van der Waals surface area contributed by atoms with E-state index in [2.05, 4.69) is 19.2 Å². The second-order valence-electron chi connectivity index (χ2n) is 6.71. The number of para-hydroxylation sites is 1. The standard InChI is InChI=1S/C17H21N3O2/c1-10(21)18-14-9-12(17(14,2)3)15-19-13-8-6-5-7-11(13)16(22)20(15)4/h5-8,12,14H,9H2,1-4H3,(H,18,21). The number of hydrogen-bond donors (Lipinski definition) is 1. The van der Waals surface area contributed by atoms with Crippen LogP contribution in [0.5, 0.6) is 0 Å². The minimum atomic E-state index is -0.120. The van der Waals surface area contributed by atoms with Crippen LogP contribution in [0, 0.1) is 5.41 Å². The summed E-state index contributed by atoms with van der Waals surface area (Å²) in [6.07, 6.45) is 0.811. The summed E-state index contributed by atoms with van der Waals surface area (Å²) < 4.78 is 1.65. The van der Waals surface area contributed by atoms with E-state index in [0.29, 0.717) is 5.39 Å². The zero-order valence-corrected chi connectivity index (χ0v) is 13.4. The van der Waals surface area contributed by atoms with Crippen molar-refractivity contribution < 1.29 is 4.79 Å². The van der Waals surface area contributed by atoms with Crippen LogP contribution in [0.15, 0.2) is 29.1 Å². The highest BCUT2D eigenvalue weighted by Gasteiger charge is 2.50. The Morgan fingerprint density at radius 1 is 1.36 bits per heavy atom. The maximum absolute atomic E-state index is 12.5. The van der Waals surface area contributed by atoms with Crippen molar-refractivity contribution in [2.45, 2.75) is 39.2 Å². The lowest BCUT2D eigenvalue weighted by molar-refractivity contribution is -0.122. The molecule has 1 amide bonds. The Hall–Kier alpha value is -2.17. The first-order chi connectivity index (χ1) is 10.3. The molecule has 0 radical (unpaired) electrons. The van der Waals surface area contributed by atoms with Crippen molar-refractivity contribution in [3.8, 4) is 0 Å². The van der Waals surface area contributed by atoms with Crippen molar-refractivity contribution in [1.82, 2.24) is 14.9 Å². The van der Waals surface area contributed by atoms with Gasteiger partial charge < -0.3 is 5.32 Å². The number of benzene rings is 1. The average molecular weight is 299 g/mol. The molecule has 22 heavy (non-hydrogen) atoms. The zero-order valence-electron chi connectivity index (χ0n) is 13.4. The molecule has 1 heterocycles. The van der Waals surface area contributed by atoms with Crippen molar-refractivity contribution >= 4 is 16.8 Å². The molecule has 1 fully saturated rings. The third kappa shape index (κ3) is 2.12. The normalized spacial score (nSPS) is 23.1. The van der Waals surface area contributed by atoms with Gasteiger partial charge in [0.25, 0.3) is 5.56 Å². The van der Waals surface area contributed by atoms with Gasteiger partial charge in [-0.2, -0.15) is 0 Å². The molecule has 0 aliphatic heterocycles. The summed E-state index contributed by atoms with van der Waals surface area (Å²) in [5.41, 5.74) is 0.601. The van der Waals surface area contributed by atoms with Crippen LogP contribution in [-0.4, -0.2) is 21.5 Å². The van der Waals surface area contributed by atoms with Crippen LogP contribution in [0.3, 0.4) is 0 Å².